The fraction of sp³-hybridized carbons (Fsp3) is 0.636. The van der Waals surface area contributed by atoms with Crippen LogP contribution >= 0.6 is 0 Å². The lowest BCUT2D eigenvalue weighted by Gasteiger charge is -2.38. The van der Waals surface area contributed by atoms with Gasteiger partial charge in [0.1, 0.15) is 5.69 Å². The van der Waals surface area contributed by atoms with E-state index in [0.717, 1.165) is 0 Å². The molecule has 2 heterocycles. The minimum Gasteiger partial charge on any atom is -0.332 e. The molecule has 1 aliphatic heterocycles. The molecule has 1 saturated heterocycles. The lowest BCUT2D eigenvalue weighted by molar-refractivity contribution is -0.189. The lowest BCUT2D eigenvalue weighted by Crippen LogP contribution is -2.55. The smallest absolute Gasteiger partial charge is 0.332 e. The summed E-state index contributed by atoms with van der Waals surface area (Å²) in [6, 6.07) is 1.81. The van der Waals surface area contributed by atoms with Crippen LogP contribution in [0.4, 0.5) is 8.78 Å². The van der Waals surface area contributed by atoms with Crippen LogP contribution in [0.15, 0.2) is 12.3 Å². The molecule has 0 bridgehead atoms. The molecule has 1 aliphatic rings. The summed E-state index contributed by atoms with van der Waals surface area (Å²) in [6.07, 6.45) is 1.16. The van der Waals surface area contributed by atoms with Crippen molar-refractivity contribution in [3.05, 3.63) is 18.0 Å². The predicted molar refractivity (Wildman–Crippen MR) is 59.4 cm³/mol. The molecule has 100 valence electrons. The van der Waals surface area contributed by atoms with Gasteiger partial charge in [0.25, 0.3) is 5.91 Å². The molecule has 1 amide bonds. The first-order valence-electron chi connectivity index (χ1n) is 5.75. The topological polar surface area (TPSA) is 47.4 Å². The normalized spacial score (nSPS) is 16.4. The second-order valence-corrected chi connectivity index (χ2v) is 4.50. The summed E-state index contributed by atoms with van der Waals surface area (Å²) in [7, 11) is 0. The third kappa shape index (κ3) is 2.66. The van der Waals surface area contributed by atoms with Crippen LogP contribution in [0.2, 0.25) is 0 Å². The number of likely N-dealkylation sites (tertiary alicyclic amines) is 1. The van der Waals surface area contributed by atoms with Crippen molar-refractivity contribution >= 4 is 5.91 Å². The van der Waals surface area contributed by atoms with E-state index in [1.54, 1.807) is 16.9 Å². The summed E-state index contributed by atoms with van der Waals surface area (Å²) in [5.74, 6) is -0.247. The minimum absolute atomic E-state index is 0.179. The molecule has 0 radical (unpaired) electrons. The lowest BCUT2D eigenvalue weighted by atomic mass is 10.1. The maximum absolute atomic E-state index is 11.9. The van der Waals surface area contributed by atoms with Gasteiger partial charge in [0, 0.05) is 25.3 Å². The van der Waals surface area contributed by atoms with Crippen molar-refractivity contribution in [1.29, 1.82) is 0 Å². The van der Waals surface area contributed by atoms with Crippen molar-refractivity contribution in [3.63, 3.8) is 0 Å². The highest BCUT2D eigenvalue weighted by atomic mass is 19.3. The first-order chi connectivity index (χ1) is 8.47. The van der Waals surface area contributed by atoms with Gasteiger partial charge in [0.2, 0.25) is 0 Å². The molecule has 5 nitrogen and oxygen atoms in total. The first kappa shape index (κ1) is 12.9. The largest absolute Gasteiger partial charge is 0.345 e. The fourth-order valence-electron chi connectivity index (χ4n) is 1.74. The van der Waals surface area contributed by atoms with Gasteiger partial charge in [0.15, 0.2) is 0 Å². The van der Waals surface area contributed by atoms with Crippen molar-refractivity contribution in [2.75, 3.05) is 13.1 Å². The van der Waals surface area contributed by atoms with Crippen LogP contribution in [0.1, 0.15) is 30.4 Å². The van der Waals surface area contributed by atoms with Gasteiger partial charge in [-0.25, -0.2) is 0 Å². The average molecular weight is 259 g/mol. The average Bonchev–Trinajstić information content (AvgIpc) is 2.70. The van der Waals surface area contributed by atoms with E-state index in [1.165, 1.54) is 4.90 Å². The zero-order chi connectivity index (χ0) is 13.3. The minimum atomic E-state index is -2.78. The highest BCUT2D eigenvalue weighted by molar-refractivity contribution is 5.92. The van der Waals surface area contributed by atoms with Gasteiger partial charge in [-0.1, -0.05) is 0 Å². The molecule has 0 spiro atoms. The summed E-state index contributed by atoms with van der Waals surface area (Å²) >= 11 is 0. The third-order valence-electron chi connectivity index (χ3n) is 2.79. The van der Waals surface area contributed by atoms with Gasteiger partial charge in [-0.05, 0) is 19.9 Å². The number of rotatable bonds is 4. The van der Waals surface area contributed by atoms with Crippen molar-refractivity contribution < 1.29 is 18.3 Å². The van der Waals surface area contributed by atoms with Gasteiger partial charge in [-0.15, -0.1) is 0 Å². The molecule has 1 fully saturated rings. The number of amides is 1. The van der Waals surface area contributed by atoms with Crippen LogP contribution in [0.25, 0.3) is 0 Å². The predicted octanol–water partition coefficient (Wildman–Crippen LogP) is 1.53. The molecule has 7 heteroatoms. The molecule has 0 aromatic carbocycles. The van der Waals surface area contributed by atoms with Crippen molar-refractivity contribution in [1.82, 2.24) is 14.7 Å². The van der Waals surface area contributed by atoms with E-state index in [9.17, 15) is 13.6 Å². The number of carbonyl (C=O) groups is 1. The van der Waals surface area contributed by atoms with Crippen LogP contribution in [0, 0.1) is 0 Å². The van der Waals surface area contributed by atoms with E-state index in [4.69, 9.17) is 0 Å². The van der Waals surface area contributed by atoms with Gasteiger partial charge in [-0.3, -0.25) is 9.48 Å². The summed E-state index contributed by atoms with van der Waals surface area (Å²) in [5, 5.41) is 4.14. The second kappa shape index (κ2) is 5.01. The maximum atomic E-state index is 11.9. The van der Waals surface area contributed by atoms with Gasteiger partial charge in [-0.2, -0.15) is 13.9 Å². The third-order valence-corrected chi connectivity index (χ3v) is 2.79. The number of ether oxygens (including phenoxy) is 1. The second-order valence-electron chi connectivity index (χ2n) is 4.50. The van der Waals surface area contributed by atoms with Crippen LogP contribution in [0.5, 0.6) is 0 Å². The Kier molecular flexibility index (Phi) is 3.60. The maximum Gasteiger partial charge on any atom is 0.345 e. The van der Waals surface area contributed by atoms with Crippen LogP contribution in [0.3, 0.4) is 0 Å². The summed E-state index contributed by atoms with van der Waals surface area (Å²) in [4.78, 5) is 13.3. The quantitative estimate of drug-likeness (QED) is 0.823. The number of alkyl halides is 2. The monoisotopic (exact) mass is 259 g/mol. The van der Waals surface area contributed by atoms with E-state index < -0.39 is 12.7 Å². The first-order valence-corrected chi connectivity index (χ1v) is 5.75. The van der Waals surface area contributed by atoms with E-state index in [2.05, 4.69) is 9.84 Å². The number of halogens is 2. The number of nitrogens with zero attached hydrogens (tertiary/aromatic N) is 3. The Hall–Kier alpha value is -1.50. The number of carbonyl (C=O) groups excluding carboxylic acids is 1. The van der Waals surface area contributed by atoms with Gasteiger partial charge < -0.3 is 9.64 Å². The number of hydrogen-bond acceptors (Lipinski definition) is 3. The molecular weight excluding hydrogens is 244 g/mol. The Morgan fingerprint density at radius 3 is 2.67 bits per heavy atom. The van der Waals surface area contributed by atoms with Crippen LogP contribution in [-0.2, 0) is 4.74 Å². The standard InChI is InChI=1S/C11H15F2N3O2/c1-7(2)16-4-3-9(14-16)10(17)15-5-8(6-15)18-11(12)13/h3-4,7-8,11H,5-6H2,1-2H3. The molecule has 0 N–H and O–H groups in total. The number of hydrogen-bond donors (Lipinski definition) is 0. The van der Waals surface area contributed by atoms with Gasteiger partial charge >= 0.3 is 6.61 Å². The van der Waals surface area contributed by atoms with E-state index >= 15 is 0 Å². The number of aromatic nitrogens is 2. The molecular formula is C11H15F2N3O2. The Morgan fingerprint density at radius 1 is 1.50 bits per heavy atom. The van der Waals surface area contributed by atoms with Crippen molar-refractivity contribution in [2.24, 2.45) is 0 Å². The van der Waals surface area contributed by atoms with Crippen molar-refractivity contribution in [3.8, 4) is 0 Å². The molecule has 0 atom stereocenters. The molecule has 18 heavy (non-hydrogen) atoms. The summed E-state index contributed by atoms with van der Waals surface area (Å²) in [5.41, 5.74) is 0.333. The Morgan fingerprint density at radius 2 is 2.17 bits per heavy atom. The Balaban J connectivity index is 1.89. The molecule has 1 aromatic rings. The molecule has 1 aromatic heterocycles. The Bertz CT molecular complexity index is 428. The highest BCUT2D eigenvalue weighted by Gasteiger charge is 2.34. The molecule has 0 saturated carbocycles. The van der Waals surface area contributed by atoms with Gasteiger partial charge in [0.05, 0.1) is 6.10 Å². The molecule has 2 rings (SSSR count). The SMILES string of the molecule is CC(C)n1ccc(C(=O)N2CC(OC(F)F)C2)n1. The highest BCUT2D eigenvalue weighted by Crippen LogP contribution is 2.17. The zero-order valence-electron chi connectivity index (χ0n) is 10.2. The summed E-state index contributed by atoms with van der Waals surface area (Å²) in [6.45, 7) is 1.51. The Labute approximate surface area is 103 Å². The molecule has 0 aliphatic carbocycles. The fourth-order valence-corrected chi connectivity index (χ4v) is 1.74. The van der Waals surface area contributed by atoms with Crippen LogP contribution in [-0.4, -0.2) is 46.4 Å². The van der Waals surface area contributed by atoms with E-state index in [-0.39, 0.29) is 25.0 Å². The summed E-state index contributed by atoms with van der Waals surface area (Å²) < 4.78 is 29.8. The molecule has 0 unspecified atom stereocenters. The van der Waals surface area contributed by atoms with E-state index in [0.29, 0.717) is 5.69 Å². The van der Waals surface area contributed by atoms with Crippen LogP contribution < -0.4 is 0 Å². The van der Waals surface area contributed by atoms with E-state index in [1.807, 2.05) is 13.8 Å². The zero-order valence-corrected chi connectivity index (χ0v) is 10.2. The van der Waals surface area contributed by atoms with Crippen molar-refractivity contribution in [2.45, 2.75) is 32.6 Å².